The zero-order valence-electron chi connectivity index (χ0n) is 21.8. The van der Waals surface area contributed by atoms with Crippen LogP contribution < -0.4 is 15.0 Å². The van der Waals surface area contributed by atoms with Crippen LogP contribution in [0.5, 0.6) is 5.75 Å². The molecule has 0 saturated carbocycles. The van der Waals surface area contributed by atoms with Crippen molar-refractivity contribution in [2.24, 2.45) is 0 Å². The summed E-state index contributed by atoms with van der Waals surface area (Å²) in [6, 6.07) is 11.3. The van der Waals surface area contributed by atoms with E-state index in [1.54, 1.807) is 0 Å². The molecule has 4 rings (SSSR count). The summed E-state index contributed by atoms with van der Waals surface area (Å²) in [6.07, 6.45) is -5.81. The number of carbonyl (C=O) groups excluding carboxylic acids is 2. The lowest BCUT2D eigenvalue weighted by atomic mass is 9.86. The first kappa shape index (κ1) is 31.2. The molecular formula is C28H24ClF5N2O6. The molecule has 224 valence electrons. The highest BCUT2D eigenvalue weighted by Crippen LogP contribution is 2.47. The number of nitrogens with zero attached hydrogens (tertiary/aromatic N) is 1. The Labute approximate surface area is 241 Å². The van der Waals surface area contributed by atoms with Gasteiger partial charge in [0.05, 0.1) is 29.1 Å². The number of halogens is 6. The fourth-order valence-electron chi connectivity index (χ4n) is 4.54. The minimum absolute atomic E-state index is 0.0202. The topological polar surface area (TPSA) is 108 Å². The molecule has 0 spiro atoms. The average molecular weight is 615 g/mol. The molecule has 14 heteroatoms. The molecule has 3 aromatic carbocycles. The van der Waals surface area contributed by atoms with Gasteiger partial charge in [0.15, 0.2) is 12.4 Å². The summed E-state index contributed by atoms with van der Waals surface area (Å²) < 4.78 is 80.7. The quantitative estimate of drug-likeness (QED) is 0.241. The first-order chi connectivity index (χ1) is 19.7. The number of fused-ring (bicyclic) bond motifs is 1. The van der Waals surface area contributed by atoms with Gasteiger partial charge < -0.3 is 29.9 Å². The molecular weight excluding hydrogens is 591 g/mol. The zero-order chi connectivity index (χ0) is 30.9. The number of rotatable bonds is 7. The van der Waals surface area contributed by atoms with Crippen LogP contribution in [0.15, 0.2) is 60.7 Å². The number of methoxy groups -OCH3 is 1. The van der Waals surface area contributed by atoms with Crippen molar-refractivity contribution in [1.29, 1.82) is 0 Å². The van der Waals surface area contributed by atoms with Crippen LogP contribution in [0.4, 0.5) is 33.3 Å². The second-order valence-corrected chi connectivity index (χ2v) is 9.79. The number of aliphatic hydroxyl groups is 2. The lowest BCUT2D eigenvalue weighted by Gasteiger charge is -2.33. The summed E-state index contributed by atoms with van der Waals surface area (Å²) in [6.45, 7) is -2.29. The number of hydrogen-bond donors (Lipinski definition) is 3. The molecule has 1 aliphatic heterocycles. The van der Waals surface area contributed by atoms with Crippen LogP contribution in [0.25, 0.3) is 0 Å². The van der Waals surface area contributed by atoms with Gasteiger partial charge in [-0.25, -0.2) is 8.78 Å². The monoisotopic (exact) mass is 614 g/mol. The number of aliphatic hydroxyl groups excluding tert-OH is 1. The molecule has 0 saturated heterocycles. The highest BCUT2D eigenvalue weighted by Gasteiger charge is 2.56. The third kappa shape index (κ3) is 5.91. The molecule has 0 unspecified atom stereocenters. The zero-order valence-corrected chi connectivity index (χ0v) is 22.6. The largest absolute Gasteiger partial charge is 0.465 e. The highest BCUT2D eigenvalue weighted by atomic mass is 35.5. The third-order valence-corrected chi connectivity index (χ3v) is 6.94. The van der Waals surface area contributed by atoms with Crippen LogP contribution in [0.2, 0.25) is 5.02 Å². The van der Waals surface area contributed by atoms with Gasteiger partial charge in [-0.1, -0.05) is 23.7 Å². The lowest BCUT2D eigenvalue weighted by Crippen LogP contribution is -2.48. The maximum Gasteiger partial charge on any atom is 0.417 e. The van der Waals surface area contributed by atoms with E-state index in [1.807, 2.05) is 0 Å². The second kappa shape index (κ2) is 11.8. The van der Waals surface area contributed by atoms with E-state index < -0.39 is 65.8 Å². The van der Waals surface area contributed by atoms with Crippen molar-refractivity contribution in [2.45, 2.75) is 24.1 Å². The minimum Gasteiger partial charge on any atom is -0.465 e. The number of anilines is 2. The van der Waals surface area contributed by atoms with E-state index in [4.69, 9.17) is 21.1 Å². The van der Waals surface area contributed by atoms with Gasteiger partial charge in [0.2, 0.25) is 0 Å². The van der Waals surface area contributed by atoms with Gasteiger partial charge in [0, 0.05) is 36.2 Å². The Morgan fingerprint density at radius 1 is 1.10 bits per heavy atom. The van der Waals surface area contributed by atoms with Crippen molar-refractivity contribution >= 4 is 34.8 Å². The number of nitrogens with one attached hydrogen (secondary N) is 1. The second-order valence-electron chi connectivity index (χ2n) is 9.35. The molecule has 42 heavy (non-hydrogen) atoms. The van der Waals surface area contributed by atoms with Crippen molar-refractivity contribution in [3.8, 4) is 5.75 Å². The van der Waals surface area contributed by atoms with E-state index in [-0.39, 0.29) is 34.5 Å². The molecule has 8 nitrogen and oxygen atoms in total. The Kier molecular flexibility index (Phi) is 8.78. The van der Waals surface area contributed by atoms with Crippen molar-refractivity contribution in [2.75, 3.05) is 37.3 Å². The van der Waals surface area contributed by atoms with E-state index in [9.17, 15) is 33.0 Å². The van der Waals surface area contributed by atoms with E-state index in [2.05, 4.69) is 5.32 Å². The molecule has 1 atom stereocenters. The van der Waals surface area contributed by atoms with Crippen LogP contribution in [-0.4, -0.2) is 55.0 Å². The number of benzene rings is 3. The van der Waals surface area contributed by atoms with Gasteiger partial charge in [-0.05, 0) is 48.5 Å². The maximum absolute atomic E-state index is 15.0. The summed E-state index contributed by atoms with van der Waals surface area (Å²) in [5.74, 6) is -5.93. The van der Waals surface area contributed by atoms with Gasteiger partial charge in [0.1, 0.15) is 5.75 Å². The smallest absolute Gasteiger partial charge is 0.417 e. The Morgan fingerprint density at radius 3 is 2.48 bits per heavy atom. The standard InChI is InChI=1S/C28H24ClF5N2O6/c1-41-15-42-23-12-16(6-8-21(23)35-24(38)18-4-2-3-5-19(18)28(32,33)34)25(39)36-11-10-27(30,31)26(40,14-37)20-13-17(29)7-9-22(20)36/h2-9,12-13,37,40H,10-11,14-15H2,1H3,(H,35,38)/t26-/m0/s1. The summed E-state index contributed by atoms with van der Waals surface area (Å²) in [4.78, 5) is 27.5. The maximum atomic E-state index is 15.0. The van der Waals surface area contributed by atoms with Gasteiger partial charge >= 0.3 is 6.18 Å². The van der Waals surface area contributed by atoms with Crippen LogP contribution >= 0.6 is 11.6 Å². The Balaban J connectivity index is 1.72. The van der Waals surface area contributed by atoms with Crippen molar-refractivity contribution in [3.63, 3.8) is 0 Å². The Morgan fingerprint density at radius 2 is 1.81 bits per heavy atom. The number of hydrogen-bond acceptors (Lipinski definition) is 6. The molecule has 3 aromatic rings. The SMILES string of the molecule is COCOc1cc(C(=O)N2CCC(F)(F)[C@](O)(CO)c3cc(Cl)ccc32)ccc1NC(=O)c1ccccc1C(F)(F)F. The fourth-order valence-corrected chi connectivity index (χ4v) is 4.71. The predicted molar refractivity (Wildman–Crippen MR) is 142 cm³/mol. The third-order valence-electron chi connectivity index (χ3n) is 6.71. The molecule has 0 aliphatic carbocycles. The van der Waals surface area contributed by atoms with Crippen molar-refractivity contribution in [3.05, 3.63) is 87.9 Å². The number of alkyl halides is 5. The summed E-state index contributed by atoms with van der Waals surface area (Å²) in [7, 11) is 1.29. The van der Waals surface area contributed by atoms with E-state index in [0.717, 1.165) is 35.2 Å². The van der Waals surface area contributed by atoms with Gasteiger partial charge in [-0.2, -0.15) is 13.2 Å². The van der Waals surface area contributed by atoms with Crippen LogP contribution in [-0.2, 0) is 16.5 Å². The summed E-state index contributed by atoms with van der Waals surface area (Å²) in [5.41, 5.74) is -5.65. The normalized spacial score (nSPS) is 18.2. The molecule has 1 aliphatic rings. The van der Waals surface area contributed by atoms with Gasteiger partial charge in [-0.15, -0.1) is 0 Å². The molecule has 2 amide bonds. The summed E-state index contributed by atoms with van der Waals surface area (Å²) >= 11 is 5.99. The lowest BCUT2D eigenvalue weighted by molar-refractivity contribution is -0.205. The fraction of sp³-hybridized carbons (Fsp3) is 0.286. The molecule has 0 bridgehead atoms. The Hall–Kier alpha value is -3.78. The van der Waals surface area contributed by atoms with E-state index in [1.165, 1.54) is 37.4 Å². The van der Waals surface area contributed by atoms with Gasteiger partial charge in [-0.3, -0.25) is 9.59 Å². The molecule has 0 aromatic heterocycles. The van der Waals surface area contributed by atoms with Crippen LogP contribution in [0.3, 0.4) is 0 Å². The molecule has 0 fully saturated rings. The predicted octanol–water partition coefficient (Wildman–Crippen LogP) is 5.46. The molecule has 0 radical (unpaired) electrons. The summed E-state index contributed by atoms with van der Waals surface area (Å²) in [5, 5.41) is 22.9. The molecule has 3 N–H and O–H groups in total. The van der Waals surface area contributed by atoms with Crippen molar-refractivity contribution < 1.29 is 51.2 Å². The average Bonchev–Trinajstić information content (AvgIpc) is 3.03. The van der Waals surface area contributed by atoms with Crippen LogP contribution in [0, 0.1) is 0 Å². The number of amides is 2. The highest BCUT2D eigenvalue weighted by molar-refractivity contribution is 6.30. The first-order valence-electron chi connectivity index (χ1n) is 12.3. The number of carbonyl (C=O) groups is 2. The van der Waals surface area contributed by atoms with Gasteiger partial charge in [0.25, 0.3) is 17.7 Å². The van der Waals surface area contributed by atoms with Crippen LogP contribution in [0.1, 0.15) is 38.3 Å². The first-order valence-corrected chi connectivity index (χ1v) is 12.7. The molecule has 1 heterocycles. The number of ether oxygens (including phenoxy) is 2. The van der Waals surface area contributed by atoms with E-state index in [0.29, 0.717) is 0 Å². The Bertz CT molecular complexity index is 1500. The van der Waals surface area contributed by atoms with E-state index >= 15 is 8.78 Å². The van der Waals surface area contributed by atoms with Crippen molar-refractivity contribution in [1.82, 2.24) is 0 Å². The minimum atomic E-state index is -4.80.